The van der Waals surface area contributed by atoms with Crippen LogP contribution < -0.4 is 11.1 Å². The molecule has 0 aromatic heterocycles. The molecule has 1 atom stereocenters. The van der Waals surface area contributed by atoms with Crippen LogP contribution in [-0.2, 0) is 9.59 Å². The van der Waals surface area contributed by atoms with Gasteiger partial charge in [-0.05, 0) is 47.5 Å². The van der Waals surface area contributed by atoms with Crippen molar-refractivity contribution in [3.63, 3.8) is 0 Å². The van der Waals surface area contributed by atoms with E-state index < -0.39 is 17.0 Å². The van der Waals surface area contributed by atoms with Crippen LogP contribution in [0.2, 0.25) is 0 Å². The third-order valence-electron chi connectivity index (χ3n) is 4.31. The lowest BCUT2D eigenvalue weighted by molar-refractivity contribution is -0.139. The molecule has 0 spiro atoms. The quantitative estimate of drug-likeness (QED) is 0.795. The third-order valence-corrected chi connectivity index (χ3v) is 4.31. The fraction of sp³-hybridized carbons (Fsp3) is 0.857. The first-order chi connectivity index (χ1) is 8.57. The first kappa shape index (κ1) is 16.0. The van der Waals surface area contributed by atoms with E-state index in [9.17, 15) is 9.59 Å². The summed E-state index contributed by atoms with van der Waals surface area (Å²) in [6, 6.07) is -0.493. The molecule has 3 N–H and O–H groups in total. The summed E-state index contributed by atoms with van der Waals surface area (Å²) >= 11 is 0. The molecule has 2 amide bonds. The Bertz CT molecular complexity index is 352. The van der Waals surface area contributed by atoms with Gasteiger partial charge in [0.1, 0.15) is 6.04 Å². The van der Waals surface area contributed by atoms with Crippen LogP contribution >= 0.6 is 0 Å². The summed E-state index contributed by atoms with van der Waals surface area (Å²) in [6.45, 7) is 10.6. The van der Waals surface area contributed by atoms with Gasteiger partial charge in [-0.1, -0.05) is 0 Å². The Morgan fingerprint density at radius 1 is 1.16 bits per heavy atom. The first-order valence-electron chi connectivity index (χ1n) is 6.96. The van der Waals surface area contributed by atoms with E-state index >= 15 is 0 Å². The number of carbonyl (C=O) groups excluding carboxylic acids is 2. The average molecular weight is 269 g/mol. The van der Waals surface area contributed by atoms with Crippen LogP contribution in [0.1, 0.15) is 47.5 Å². The number of hydrogen-bond acceptors (Lipinski definition) is 3. The van der Waals surface area contributed by atoms with Crippen LogP contribution in [0.15, 0.2) is 0 Å². The standard InChI is InChI=1S/C14H27N3O2/c1-10(11(18)17-8-6-7-9-17)16-12(19)13(2,3)14(4,5)15/h10H,6-9,15H2,1-5H3,(H,16,19). The summed E-state index contributed by atoms with van der Waals surface area (Å²) < 4.78 is 0. The summed E-state index contributed by atoms with van der Waals surface area (Å²) in [5, 5.41) is 2.79. The molecule has 19 heavy (non-hydrogen) atoms. The van der Waals surface area contributed by atoms with Crippen molar-refractivity contribution in [2.24, 2.45) is 11.1 Å². The van der Waals surface area contributed by atoms with Crippen LogP contribution in [0.25, 0.3) is 0 Å². The van der Waals surface area contributed by atoms with Crippen LogP contribution in [0.5, 0.6) is 0 Å². The zero-order chi connectivity index (χ0) is 14.8. The van der Waals surface area contributed by atoms with Gasteiger partial charge in [0, 0.05) is 18.6 Å². The van der Waals surface area contributed by atoms with Crippen molar-refractivity contribution < 1.29 is 9.59 Å². The van der Waals surface area contributed by atoms with Gasteiger partial charge in [-0.2, -0.15) is 0 Å². The van der Waals surface area contributed by atoms with Crippen LogP contribution in [0, 0.1) is 5.41 Å². The number of rotatable bonds is 4. The molecule has 0 aromatic rings. The fourth-order valence-corrected chi connectivity index (χ4v) is 1.94. The highest BCUT2D eigenvalue weighted by Crippen LogP contribution is 2.28. The molecule has 1 rings (SSSR count). The lowest BCUT2D eigenvalue weighted by Crippen LogP contribution is -2.58. The van der Waals surface area contributed by atoms with Gasteiger partial charge in [-0.15, -0.1) is 0 Å². The zero-order valence-corrected chi connectivity index (χ0v) is 12.7. The zero-order valence-electron chi connectivity index (χ0n) is 12.7. The smallest absolute Gasteiger partial charge is 0.244 e. The summed E-state index contributed by atoms with van der Waals surface area (Å²) in [5.74, 6) is -0.184. The summed E-state index contributed by atoms with van der Waals surface area (Å²) in [4.78, 5) is 26.2. The molecule has 1 aliphatic heterocycles. The number of nitrogens with two attached hydrogens (primary N) is 1. The Morgan fingerprint density at radius 3 is 2.05 bits per heavy atom. The molecule has 1 fully saturated rings. The van der Waals surface area contributed by atoms with E-state index in [2.05, 4.69) is 5.32 Å². The second-order valence-corrected chi connectivity index (χ2v) is 6.57. The minimum Gasteiger partial charge on any atom is -0.344 e. The molecule has 0 radical (unpaired) electrons. The molecule has 1 saturated heterocycles. The second kappa shape index (κ2) is 5.49. The van der Waals surface area contributed by atoms with Crippen molar-refractivity contribution in [2.45, 2.75) is 59.0 Å². The van der Waals surface area contributed by atoms with Crippen LogP contribution in [0.3, 0.4) is 0 Å². The van der Waals surface area contributed by atoms with Crippen molar-refractivity contribution >= 4 is 11.8 Å². The molecule has 5 nitrogen and oxygen atoms in total. The maximum absolute atomic E-state index is 12.3. The van der Waals surface area contributed by atoms with Crippen molar-refractivity contribution in [3.05, 3.63) is 0 Å². The predicted molar refractivity (Wildman–Crippen MR) is 75.5 cm³/mol. The van der Waals surface area contributed by atoms with Gasteiger partial charge >= 0.3 is 0 Å². The van der Waals surface area contributed by atoms with Gasteiger partial charge in [0.05, 0.1) is 5.41 Å². The normalized spacial score (nSPS) is 18.3. The Hall–Kier alpha value is -1.10. The maximum Gasteiger partial charge on any atom is 0.244 e. The molecule has 1 aliphatic rings. The van der Waals surface area contributed by atoms with Crippen LogP contribution in [-0.4, -0.2) is 41.4 Å². The highest BCUT2D eigenvalue weighted by atomic mass is 16.2. The molecule has 0 aromatic carbocycles. The second-order valence-electron chi connectivity index (χ2n) is 6.57. The van der Waals surface area contributed by atoms with E-state index in [0.717, 1.165) is 25.9 Å². The molecule has 0 bridgehead atoms. The minimum absolute atomic E-state index is 0.00326. The molecule has 1 heterocycles. The fourth-order valence-electron chi connectivity index (χ4n) is 1.94. The number of likely N-dealkylation sites (tertiary alicyclic amines) is 1. The highest BCUT2D eigenvalue weighted by molar-refractivity contribution is 5.90. The summed E-state index contributed by atoms with van der Waals surface area (Å²) in [7, 11) is 0. The maximum atomic E-state index is 12.3. The van der Waals surface area contributed by atoms with Gasteiger partial charge in [0.25, 0.3) is 0 Å². The largest absolute Gasteiger partial charge is 0.344 e. The predicted octanol–water partition coefficient (Wildman–Crippen LogP) is 0.877. The first-order valence-corrected chi connectivity index (χ1v) is 6.96. The number of nitrogens with zero attached hydrogens (tertiary/aromatic N) is 1. The number of carbonyl (C=O) groups is 2. The van der Waals surface area contributed by atoms with Gasteiger partial charge in [-0.25, -0.2) is 0 Å². The highest BCUT2D eigenvalue weighted by Gasteiger charge is 2.41. The van der Waals surface area contributed by atoms with Crippen molar-refractivity contribution in [3.8, 4) is 0 Å². The molecule has 5 heteroatoms. The summed E-state index contributed by atoms with van der Waals surface area (Å²) in [6.07, 6.45) is 2.10. The number of nitrogens with one attached hydrogen (secondary N) is 1. The van der Waals surface area contributed by atoms with E-state index in [1.54, 1.807) is 20.8 Å². The topological polar surface area (TPSA) is 75.4 Å². The van der Waals surface area contributed by atoms with Crippen LogP contribution in [0.4, 0.5) is 0 Å². The van der Waals surface area contributed by atoms with Gasteiger partial charge in [0.15, 0.2) is 0 Å². The Kier molecular flexibility index (Phi) is 4.61. The van der Waals surface area contributed by atoms with E-state index in [4.69, 9.17) is 5.73 Å². The van der Waals surface area contributed by atoms with Gasteiger partial charge in [0.2, 0.25) is 11.8 Å². The monoisotopic (exact) mass is 269 g/mol. The summed E-state index contributed by atoms with van der Waals surface area (Å²) in [5.41, 5.74) is 4.66. The van der Waals surface area contributed by atoms with Crippen molar-refractivity contribution in [1.82, 2.24) is 10.2 Å². The molecule has 0 aliphatic carbocycles. The third kappa shape index (κ3) is 3.47. The van der Waals surface area contributed by atoms with E-state index in [-0.39, 0.29) is 11.8 Å². The molecule has 110 valence electrons. The lowest BCUT2D eigenvalue weighted by Gasteiger charge is -2.37. The average Bonchev–Trinajstić information content (AvgIpc) is 2.79. The Morgan fingerprint density at radius 2 is 1.63 bits per heavy atom. The van der Waals surface area contributed by atoms with Gasteiger partial charge in [-0.3, -0.25) is 9.59 Å². The SMILES string of the molecule is CC(NC(=O)C(C)(C)C(C)(C)N)C(=O)N1CCCC1. The molecular weight excluding hydrogens is 242 g/mol. The van der Waals surface area contributed by atoms with E-state index in [0.29, 0.717) is 0 Å². The van der Waals surface area contributed by atoms with Crippen molar-refractivity contribution in [2.75, 3.05) is 13.1 Å². The van der Waals surface area contributed by atoms with Crippen molar-refractivity contribution in [1.29, 1.82) is 0 Å². The van der Waals surface area contributed by atoms with E-state index in [1.807, 2.05) is 18.7 Å². The number of hydrogen-bond donors (Lipinski definition) is 2. The Balaban J connectivity index is 2.63. The molecule has 0 saturated carbocycles. The molecular formula is C14H27N3O2. The Labute approximate surface area is 115 Å². The van der Waals surface area contributed by atoms with Gasteiger partial charge < -0.3 is 16.0 Å². The van der Waals surface area contributed by atoms with E-state index in [1.165, 1.54) is 0 Å². The lowest BCUT2D eigenvalue weighted by atomic mass is 9.74. The number of amides is 2. The molecule has 1 unspecified atom stereocenters. The minimum atomic E-state index is -0.730.